The predicted octanol–water partition coefficient (Wildman–Crippen LogP) is 3.79. The minimum absolute atomic E-state index is 0.0647. The Morgan fingerprint density at radius 3 is 2.38 bits per heavy atom. The van der Waals surface area contributed by atoms with Gasteiger partial charge in [0.25, 0.3) is 5.91 Å². The van der Waals surface area contributed by atoms with Crippen molar-refractivity contribution in [2.75, 3.05) is 12.9 Å². The van der Waals surface area contributed by atoms with Gasteiger partial charge in [0.2, 0.25) is 5.91 Å². The van der Waals surface area contributed by atoms with Crippen LogP contribution in [0.4, 0.5) is 4.79 Å². The molecule has 0 bridgehead atoms. The van der Waals surface area contributed by atoms with Gasteiger partial charge in [-0.2, -0.15) is 0 Å². The highest BCUT2D eigenvalue weighted by atomic mass is 32.2. The molecule has 0 fully saturated rings. The number of nitrogens with one attached hydrogen (secondary N) is 2. The SMILES string of the molecule is COc1ccc(/C=C2\N=C(SCC(=O)NC(=O)NC(C)(C)C)N(Cc3ccccc3)C2=O)cc1. The van der Waals surface area contributed by atoms with E-state index in [-0.39, 0.29) is 17.4 Å². The number of hydrogen-bond acceptors (Lipinski definition) is 6. The molecule has 0 atom stereocenters. The van der Waals surface area contributed by atoms with Gasteiger partial charge in [-0.15, -0.1) is 0 Å². The van der Waals surface area contributed by atoms with E-state index < -0.39 is 17.5 Å². The first-order valence-corrected chi connectivity index (χ1v) is 11.7. The summed E-state index contributed by atoms with van der Waals surface area (Å²) in [5.41, 5.74) is 1.54. The Morgan fingerprint density at radius 2 is 1.76 bits per heavy atom. The van der Waals surface area contributed by atoms with E-state index in [1.54, 1.807) is 25.3 Å². The topological polar surface area (TPSA) is 100 Å². The number of rotatable bonds is 6. The third-order valence-electron chi connectivity index (χ3n) is 4.59. The maximum atomic E-state index is 13.2. The first kappa shape index (κ1) is 25.0. The van der Waals surface area contributed by atoms with Gasteiger partial charge in [-0.1, -0.05) is 54.2 Å². The molecule has 0 spiro atoms. The fourth-order valence-corrected chi connectivity index (χ4v) is 3.87. The van der Waals surface area contributed by atoms with Gasteiger partial charge in [0, 0.05) is 5.54 Å². The van der Waals surface area contributed by atoms with Gasteiger partial charge >= 0.3 is 6.03 Å². The second-order valence-corrected chi connectivity index (χ2v) is 9.56. The smallest absolute Gasteiger partial charge is 0.321 e. The van der Waals surface area contributed by atoms with E-state index >= 15 is 0 Å². The molecule has 0 radical (unpaired) electrons. The van der Waals surface area contributed by atoms with E-state index in [4.69, 9.17) is 4.74 Å². The average molecular weight is 481 g/mol. The van der Waals surface area contributed by atoms with Crippen LogP contribution < -0.4 is 15.4 Å². The van der Waals surface area contributed by atoms with E-state index in [9.17, 15) is 14.4 Å². The number of thioether (sulfide) groups is 1. The Hall–Kier alpha value is -3.59. The number of hydrogen-bond donors (Lipinski definition) is 2. The number of imide groups is 1. The van der Waals surface area contributed by atoms with Gasteiger partial charge in [0.05, 0.1) is 19.4 Å². The molecular weight excluding hydrogens is 452 g/mol. The van der Waals surface area contributed by atoms with Crippen LogP contribution in [0.25, 0.3) is 6.08 Å². The molecule has 0 unspecified atom stereocenters. The van der Waals surface area contributed by atoms with Gasteiger partial charge in [-0.3, -0.25) is 19.8 Å². The summed E-state index contributed by atoms with van der Waals surface area (Å²) in [6.07, 6.45) is 1.70. The molecule has 9 heteroatoms. The van der Waals surface area contributed by atoms with Crippen molar-refractivity contribution in [1.29, 1.82) is 0 Å². The Labute approximate surface area is 203 Å². The van der Waals surface area contributed by atoms with Crippen LogP contribution in [-0.4, -0.2) is 46.3 Å². The normalized spacial score (nSPS) is 14.7. The molecule has 0 saturated carbocycles. The molecule has 1 aliphatic heterocycles. The third-order valence-corrected chi connectivity index (χ3v) is 5.56. The molecule has 8 nitrogen and oxygen atoms in total. The van der Waals surface area contributed by atoms with Crippen LogP contribution >= 0.6 is 11.8 Å². The summed E-state index contributed by atoms with van der Waals surface area (Å²) >= 11 is 1.11. The molecule has 0 aliphatic carbocycles. The lowest BCUT2D eigenvalue weighted by Crippen LogP contribution is -2.48. The fourth-order valence-electron chi connectivity index (χ4n) is 3.07. The first-order valence-electron chi connectivity index (χ1n) is 10.7. The Bertz CT molecular complexity index is 1110. The molecule has 2 aromatic carbocycles. The van der Waals surface area contributed by atoms with Gasteiger partial charge in [0.15, 0.2) is 5.17 Å². The van der Waals surface area contributed by atoms with Crippen LogP contribution in [0, 0.1) is 0 Å². The van der Waals surface area contributed by atoms with Crippen LogP contribution in [-0.2, 0) is 16.1 Å². The molecule has 3 rings (SSSR count). The zero-order valence-corrected chi connectivity index (χ0v) is 20.4. The van der Waals surface area contributed by atoms with Crippen molar-refractivity contribution < 1.29 is 19.1 Å². The molecule has 0 saturated heterocycles. The highest BCUT2D eigenvalue weighted by Gasteiger charge is 2.31. The number of ether oxygens (including phenoxy) is 1. The summed E-state index contributed by atoms with van der Waals surface area (Å²) in [4.78, 5) is 43.5. The van der Waals surface area contributed by atoms with Crippen LogP contribution in [0.2, 0.25) is 0 Å². The van der Waals surface area contributed by atoms with E-state index in [1.165, 1.54) is 4.90 Å². The molecule has 178 valence electrons. The minimum atomic E-state index is -0.566. The summed E-state index contributed by atoms with van der Waals surface area (Å²) in [6.45, 7) is 5.78. The molecule has 2 N–H and O–H groups in total. The summed E-state index contributed by atoms with van der Waals surface area (Å²) in [5, 5.41) is 5.38. The number of methoxy groups -OCH3 is 1. The molecule has 1 aliphatic rings. The van der Waals surface area contributed by atoms with Crippen molar-refractivity contribution in [2.45, 2.75) is 32.9 Å². The lowest BCUT2D eigenvalue weighted by molar-refractivity contribution is -0.123. The molecule has 4 amide bonds. The molecule has 34 heavy (non-hydrogen) atoms. The molecule has 0 aromatic heterocycles. The van der Waals surface area contributed by atoms with Crippen molar-refractivity contribution >= 4 is 40.9 Å². The summed E-state index contributed by atoms with van der Waals surface area (Å²) < 4.78 is 5.18. The number of carbonyl (C=O) groups excluding carboxylic acids is 3. The van der Waals surface area contributed by atoms with Crippen molar-refractivity contribution in [3.63, 3.8) is 0 Å². The van der Waals surface area contributed by atoms with Crippen LogP contribution in [0.15, 0.2) is 65.3 Å². The van der Waals surface area contributed by atoms with Crippen molar-refractivity contribution in [3.05, 3.63) is 71.4 Å². The van der Waals surface area contributed by atoms with E-state index in [0.29, 0.717) is 17.5 Å². The summed E-state index contributed by atoms with van der Waals surface area (Å²) in [5.74, 6) is -0.0841. The van der Waals surface area contributed by atoms with Crippen LogP contribution in [0.5, 0.6) is 5.75 Å². The van der Waals surface area contributed by atoms with Crippen molar-refractivity contribution in [3.8, 4) is 5.75 Å². The second-order valence-electron chi connectivity index (χ2n) is 8.61. The van der Waals surface area contributed by atoms with Crippen LogP contribution in [0.1, 0.15) is 31.9 Å². The molecule has 1 heterocycles. The summed E-state index contributed by atoms with van der Waals surface area (Å²) in [6, 6.07) is 16.3. The lowest BCUT2D eigenvalue weighted by Gasteiger charge is -2.20. The first-order chi connectivity index (χ1) is 16.1. The van der Waals surface area contributed by atoms with Crippen LogP contribution in [0.3, 0.4) is 0 Å². The lowest BCUT2D eigenvalue weighted by atomic mass is 10.1. The monoisotopic (exact) mass is 480 g/mol. The zero-order chi connectivity index (χ0) is 24.7. The quantitative estimate of drug-likeness (QED) is 0.613. The number of amidine groups is 1. The van der Waals surface area contributed by atoms with Gasteiger partial charge < -0.3 is 10.1 Å². The van der Waals surface area contributed by atoms with E-state index in [0.717, 1.165) is 22.9 Å². The maximum absolute atomic E-state index is 13.2. The van der Waals surface area contributed by atoms with Crippen molar-refractivity contribution in [2.24, 2.45) is 4.99 Å². The average Bonchev–Trinajstić information content (AvgIpc) is 3.06. The Balaban J connectivity index is 1.75. The number of aliphatic imine (C=N–C) groups is 1. The van der Waals surface area contributed by atoms with Gasteiger partial charge in [0.1, 0.15) is 11.4 Å². The maximum Gasteiger partial charge on any atom is 0.321 e. The minimum Gasteiger partial charge on any atom is -0.497 e. The zero-order valence-electron chi connectivity index (χ0n) is 19.6. The number of urea groups is 1. The number of carbonyl (C=O) groups is 3. The number of nitrogens with zero attached hydrogens (tertiary/aromatic N) is 2. The Kier molecular flexibility index (Phi) is 8.12. The second kappa shape index (κ2) is 11.0. The van der Waals surface area contributed by atoms with E-state index in [2.05, 4.69) is 15.6 Å². The number of benzene rings is 2. The van der Waals surface area contributed by atoms with E-state index in [1.807, 2.05) is 63.2 Å². The Morgan fingerprint density at radius 1 is 1.09 bits per heavy atom. The predicted molar refractivity (Wildman–Crippen MR) is 134 cm³/mol. The van der Waals surface area contributed by atoms with Gasteiger partial charge in [-0.05, 0) is 50.1 Å². The molecular formula is C25H28N4O4S. The highest BCUT2D eigenvalue weighted by Crippen LogP contribution is 2.26. The third kappa shape index (κ3) is 7.21. The molecule has 2 aromatic rings. The van der Waals surface area contributed by atoms with Gasteiger partial charge in [-0.25, -0.2) is 9.79 Å². The summed E-state index contributed by atoms with van der Waals surface area (Å²) in [7, 11) is 1.59. The fraction of sp³-hybridized carbons (Fsp3) is 0.280. The number of amides is 4. The van der Waals surface area contributed by atoms with Crippen molar-refractivity contribution in [1.82, 2.24) is 15.5 Å². The largest absolute Gasteiger partial charge is 0.497 e. The highest BCUT2D eigenvalue weighted by molar-refractivity contribution is 8.14. The standard InChI is InChI=1S/C25H28N4O4S/c1-25(2,3)28-23(32)27-21(30)16-34-24-26-20(14-17-10-12-19(33-4)13-11-17)22(31)29(24)15-18-8-6-5-7-9-18/h5-14H,15-16H2,1-4H3,(H2,27,28,30,32)/b20-14-.